The Hall–Kier alpha value is -1.85. The number of halogens is 1. The van der Waals surface area contributed by atoms with Crippen molar-refractivity contribution in [1.29, 1.82) is 5.26 Å². The number of hydrogen-bond donors (Lipinski definition) is 0. The highest BCUT2D eigenvalue weighted by Gasteiger charge is 2.03. The van der Waals surface area contributed by atoms with Crippen LogP contribution in [0.4, 0.5) is 0 Å². The molecule has 0 bridgehead atoms. The van der Waals surface area contributed by atoms with E-state index in [-0.39, 0.29) is 0 Å². The molecule has 0 aliphatic carbocycles. The zero-order valence-corrected chi connectivity index (χ0v) is 8.45. The van der Waals surface area contributed by atoms with E-state index in [0.29, 0.717) is 11.1 Å². The van der Waals surface area contributed by atoms with Crippen LogP contribution in [0.2, 0.25) is 0 Å². The van der Waals surface area contributed by atoms with Crippen LogP contribution >= 0.6 is 11.6 Å². The van der Waals surface area contributed by atoms with Crippen LogP contribution in [-0.4, -0.2) is 5.24 Å². The van der Waals surface area contributed by atoms with E-state index in [9.17, 15) is 4.79 Å². The van der Waals surface area contributed by atoms with Crippen molar-refractivity contribution in [3.8, 4) is 6.07 Å². The number of hydrogen-bond acceptors (Lipinski definition) is 2. The molecule has 2 rings (SSSR count). The molecule has 2 aromatic carbocycles. The van der Waals surface area contributed by atoms with E-state index in [4.69, 9.17) is 16.9 Å². The summed E-state index contributed by atoms with van der Waals surface area (Å²) in [5, 5.41) is 10.1. The molecule has 0 heterocycles. The van der Waals surface area contributed by atoms with Gasteiger partial charge in [0.05, 0.1) is 11.6 Å². The van der Waals surface area contributed by atoms with Crippen LogP contribution in [0.1, 0.15) is 15.9 Å². The smallest absolute Gasteiger partial charge is 0.252 e. The summed E-state index contributed by atoms with van der Waals surface area (Å²) in [6, 6.07) is 12.5. The third-order valence-electron chi connectivity index (χ3n) is 2.20. The van der Waals surface area contributed by atoms with E-state index in [0.717, 1.165) is 10.8 Å². The molecular formula is C12H6ClNO. The molecule has 72 valence electrons. The molecule has 0 N–H and O–H groups in total. The summed E-state index contributed by atoms with van der Waals surface area (Å²) in [5.41, 5.74) is 1.01. The number of fused-ring (bicyclic) bond motifs is 1. The van der Waals surface area contributed by atoms with E-state index in [1.165, 1.54) is 0 Å². The fourth-order valence-electron chi connectivity index (χ4n) is 1.44. The summed E-state index contributed by atoms with van der Waals surface area (Å²) in [6.07, 6.45) is 0. The fourth-order valence-corrected chi connectivity index (χ4v) is 1.56. The van der Waals surface area contributed by atoms with E-state index >= 15 is 0 Å². The topological polar surface area (TPSA) is 40.9 Å². The van der Waals surface area contributed by atoms with Crippen LogP contribution in [0.25, 0.3) is 10.8 Å². The van der Waals surface area contributed by atoms with Gasteiger partial charge in [0.15, 0.2) is 0 Å². The molecule has 0 radical (unpaired) electrons. The number of nitriles is 1. The monoisotopic (exact) mass is 215 g/mol. The molecule has 0 saturated carbocycles. The predicted molar refractivity (Wildman–Crippen MR) is 58.8 cm³/mol. The lowest BCUT2D eigenvalue weighted by atomic mass is 10.1. The van der Waals surface area contributed by atoms with Crippen molar-refractivity contribution in [2.45, 2.75) is 0 Å². The Morgan fingerprint density at radius 1 is 1.13 bits per heavy atom. The largest absolute Gasteiger partial charge is 0.276 e. The van der Waals surface area contributed by atoms with Gasteiger partial charge in [0.25, 0.3) is 5.24 Å². The average molecular weight is 216 g/mol. The van der Waals surface area contributed by atoms with Crippen LogP contribution in [0, 0.1) is 11.3 Å². The molecule has 2 nitrogen and oxygen atoms in total. The summed E-state index contributed by atoms with van der Waals surface area (Å²) in [4.78, 5) is 10.9. The van der Waals surface area contributed by atoms with Crippen molar-refractivity contribution < 1.29 is 4.79 Å². The third kappa shape index (κ3) is 1.83. The van der Waals surface area contributed by atoms with Gasteiger partial charge < -0.3 is 0 Å². The van der Waals surface area contributed by atoms with Gasteiger partial charge in [-0.05, 0) is 46.6 Å². The van der Waals surface area contributed by atoms with Gasteiger partial charge in [0.2, 0.25) is 0 Å². The second-order valence-corrected chi connectivity index (χ2v) is 3.51. The van der Waals surface area contributed by atoms with Crippen LogP contribution in [0.15, 0.2) is 36.4 Å². The zero-order valence-electron chi connectivity index (χ0n) is 7.70. The van der Waals surface area contributed by atoms with Crippen molar-refractivity contribution in [3.05, 3.63) is 47.5 Å². The average Bonchev–Trinajstić information content (AvgIpc) is 2.27. The summed E-state index contributed by atoms with van der Waals surface area (Å²) >= 11 is 5.37. The lowest BCUT2D eigenvalue weighted by Gasteiger charge is -1.99. The Morgan fingerprint density at radius 2 is 1.87 bits per heavy atom. The van der Waals surface area contributed by atoms with Gasteiger partial charge in [-0.15, -0.1) is 0 Å². The molecule has 0 atom stereocenters. The second kappa shape index (κ2) is 3.72. The lowest BCUT2D eigenvalue weighted by Crippen LogP contribution is -1.88. The van der Waals surface area contributed by atoms with E-state index in [2.05, 4.69) is 0 Å². The number of carbonyl (C=O) groups excluding carboxylic acids is 1. The Bertz CT molecular complexity index is 584. The predicted octanol–water partition coefficient (Wildman–Crippen LogP) is 3.09. The highest BCUT2D eigenvalue weighted by molar-refractivity contribution is 6.67. The molecule has 0 fully saturated rings. The quantitative estimate of drug-likeness (QED) is 0.686. The first kappa shape index (κ1) is 9.70. The van der Waals surface area contributed by atoms with E-state index in [1.54, 1.807) is 24.3 Å². The van der Waals surface area contributed by atoms with Gasteiger partial charge in [0, 0.05) is 5.56 Å². The SMILES string of the molecule is N#Cc1ccc2ccc(C(=O)Cl)cc2c1. The van der Waals surface area contributed by atoms with Crippen molar-refractivity contribution >= 4 is 27.6 Å². The molecule has 0 amide bonds. The second-order valence-electron chi connectivity index (χ2n) is 3.16. The highest BCUT2D eigenvalue weighted by Crippen LogP contribution is 2.18. The van der Waals surface area contributed by atoms with Crippen molar-refractivity contribution in [1.82, 2.24) is 0 Å². The van der Waals surface area contributed by atoms with E-state index < -0.39 is 5.24 Å². The fraction of sp³-hybridized carbons (Fsp3) is 0. The molecular weight excluding hydrogens is 210 g/mol. The van der Waals surface area contributed by atoms with Gasteiger partial charge in [-0.1, -0.05) is 12.1 Å². The molecule has 0 unspecified atom stereocenters. The Kier molecular flexibility index (Phi) is 2.40. The number of rotatable bonds is 1. The maximum atomic E-state index is 10.9. The van der Waals surface area contributed by atoms with E-state index in [1.807, 2.05) is 18.2 Å². The normalized spacial score (nSPS) is 9.87. The van der Waals surface area contributed by atoms with Gasteiger partial charge in [0.1, 0.15) is 0 Å². The molecule has 3 heteroatoms. The first-order valence-corrected chi connectivity index (χ1v) is 4.72. The molecule has 0 aromatic heterocycles. The number of benzene rings is 2. The van der Waals surface area contributed by atoms with Crippen molar-refractivity contribution in [2.75, 3.05) is 0 Å². The third-order valence-corrected chi connectivity index (χ3v) is 2.41. The van der Waals surface area contributed by atoms with Crippen LogP contribution in [0.3, 0.4) is 0 Å². The maximum absolute atomic E-state index is 10.9. The number of carbonyl (C=O) groups is 1. The molecule has 2 aromatic rings. The Labute approximate surface area is 91.7 Å². The molecule has 0 saturated heterocycles. The summed E-state index contributed by atoms with van der Waals surface area (Å²) in [7, 11) is 0. The molecule has 0 aliphatic rings. The van der Waals surface area contributed by atoms with Gasteiger partial charge >= 0.3 is 0 Å². The first-order chi connectivity index (χ1) is 7.20. The maximum Gasteiger partial charge on any atom is 0.252 e. The lowest BCUT2D eigenvalue weighted by molar-refractivity contribution is 0.108. The minimum Gasteiger partial charge on any atom is -0.276 e. The highest BCUT2D eigenvalue weighted by atomic mass is 35.5. The Balaban J connectivity index is 2.69. The van der Waals surface area contributed by atoms with Gasteiger partial charge in [-0.25, -0.2) is 0 Å². The van der Waals surface area contributed by atoms with Crippen molar-refractivity contribution in [3.63, 3.8) is 0 Å². The first-order valence-electron chi connectivity index (χ1n) is 4.34. The van der Waals surface area contributed by atoms with Crippen molar-refractivity contribution in [2.24, 2.45) is 0 Å². The zero-order chi connectivity index (χ0) is 10.8. The number of nitrogens with zero attached hydrogens (tertiary/aromatic N) is 1. The minimum absolute atomic E-state index is 0.444. The summed E-state index contributed by atoms with van der Waals surface area (Å²) < 4.78 is 0. The van der Waals surface area contributed by atoms with Crippen LogP contribution in [-0.2, 0) is 0 Å². The van der Waals surface area contributed by atoms with Crippen LogP contribution < -0.4 is 0 Å². The Morgan fingerprint density at radius 3 is 2.53 bits per heavy atom. The summed E-state index contributed by atoms with van der Waals surface area (Å²) in [6.45, 7) is 0. The van der Waals surface area contributed by atoms with Gasteiger partial charge in [-0.2, -0.15) is 5.26 Å². The minimum atomic E-state index is -0.487. The molecule has 15 heavy (non-hydrogen) atoms. The summed E-state index contributed by atoms with van der Waals surface area (Å²) in [5.74, 6) is 0. The molecule has 0 spiro atoms. The standard InChI is InChI=1S/C12H6ClNO/c13-12(15)10-4-3-9-2-1-8(7-14)5-11(9)6-10/h1-6H. The molecule has 0 aliphatic heterocycles. The van der Waals surface area contributed by atoms with Crippen LogP contribution in [0.5, 0.6) is 0 Å². The van der Waals surface area contributed by atoms with Gasteiger partial charge in [-0.3, -0.25) is 4.79 Å².